The number of aryl methyl sites for hydroxylation is 1. The Balaban J connectivity index is 1.78. The first-order valence-corrected chi connectivity index (χ1v) is 11.5. The minimum Gasteiger partial charge on any atom is -0.497 e. The first-order chi connectivity index (χ1) is 16.5. The zero-order valence-corrected chi connectivity index (χ0v) is 21.2. The van der Waals surface area contributed by atoms with Crippen LogP contribution >= 0.6 is 0 Å². The van der Waals surface area contributed by atoms with E-state index in [-0.39, 0.29) is 22.5 Å². The first-order valence-electron chi connectivity index (χ1n) is 11.5. The number of benzene rings is 2. The van der Waals surface area contributed by atoms with Crippen molar-refractivity contribution < 1.29 is 23.9 Å². The van der Waals surface area contributed by atoms with Crippen LogP contribution in [0.3, 0.4) is 0 Å². The average Bonchev–Trinajstić information content (AvgIpc) is 2.80. The number of anilines is 2. The van der Waals surface area contributed by atoms with Gasteiger partial charge in [0.1, 0.15) is 17.1 Å². The zero-order valence-electron chi connectivity index (χ0n) is 21.2. The number of imide groups is 2. The highest BCUT2D eigenvalue weighted by Gasteiger charge is 2.39. The number of fused-ring (bicyclic) bond motifs is 1. The number of barbiturate groups is 1. The third-order valence-corrected chi connectivity index (χ3v) is 7.05. The molecule has 0 bridgehead atoms. The van der Waals surface area contributed by atoms with Gasteiger partial charge in [-0.1, -0.05) is 6.92 Å². The number of carbonyl (C=O) groups excluding carboxylic acids is 3. The molecule has 4 amide bonds. The lowest BCUT2D eigenvalue weighted by molar-refractivity contribution is -0.122. The molecule has 2 aromatic rings. The van der Waals surface area contributed by atoms with Crippen LogP contribution in [0.4, 0.5) is 16.2 Å². The molecule has 0 saturated carbocycles. The molecule has 8 nitrogen and oxygen atoms in total. The van der Waals surface area contributed by atoms with Gasteiger partial charge in [-0.3, -0.25) is 14.9 Å². The quantitative estimate of drug-likeness (QED) is 0.519. The Hall–Kier alpha value is -3.81. The molecule has 2 aliphatic heterocycles. The van der Waals surface area contributed by atoms with Gasteiger partial charge in [0.2, 0.25) is 0 Å². The molecule has 0 aromatic heterocycles. The molecule has 0 spiro atoms. The summed E-state index contributed by atoms with van der Waals surface area (Å²) >= 11 is 0. The summed E-state index contributed by atoms with van der Waals surface area (Å²) in [6.07, 6.45) is 2.55. The van der Waals surface area contributed by atoms with E-state index in [0.717, 1.165) is 33.7 Å². The molecule has 0 aliphatic carbocycles. The lowest BCUT2D eigenvalue weighted by Crippen LogP contribution is -2.54. The SMILES string of the molecule is COc1ccc(N2C(=O)NC(=O)/C(=C\c3cc4c(cc3C)N(C)C(C)(C)C[C@H]4C)C2=O)c(OC)c1. The van der Waals surface area contributed by atoms with Gasteiger partial charge in [0.25, 0.3) is 11.8 Å². The van der Waals surface area contributed by atoms with Crippen LogP contribution in [0.2, 0.25) is 0 Å². The van der Waals surface area contributed by atoms with Crippen molar-refractivity contribution in [3.05, 3.63) is 52.6 Å². The molecule has 8 heteroatoms. The minimum absolute atomic E-state index is 0.0241. The Labute approximate surface area is 205 Å². The highest BCUT2D eigenvalue weighted by molar-refractivity contribution is 6.39. The molecular weight excluding hydrogens is 446 g/mol. The van der Waals surface area contributed by atoms with Crippen molar-refractivity contribution in [2.75, 3.05) is 31.1 Å². The summed E-state index contributed by atoms with van der Waals surface area (Å²) in [5.74, 6) is -0.357. The van der Waals surface area contributed by atoms with Gasteiger partial charge in [-0.2, -0.15) is 0 Å². The van der Waals surface area contributed by atoms with Gasteiger partial charge in [-0.25, -0.2) is 9.69 Å². The molecule has 4 rings (SSSR count). The molecule has 0 radical (unpaired) electrons. The Morgan fingerprint density at radius 3 is 2.43 bits per heavy atom. The second-order valence-corrected chi connectivity index (χ2v) is 9.74. The fraction of sp³-hybridized carbons (Fsp3) is 0.370. The van der Waals surface area contributed by atoms with Crippen LogP contribution in [0.5, 0.6) is 11.5 Å². The third-order valence-electron chi connectivity index (χ3n) is 7.05. The molecular formula is C27H31N3O5. The number of methoxy groups -OCH3 is 2. The number of rotatable bonds is 4. The Bertz CT molecular complexity index is 1260. The molecule has 1 saturated heterocycles. The van der Waals surface area contributed by atoms with E-state index >= 15 is 0 Å². The summed E-state index contributed by atoms with van der Waals surface area (Å²) in [5.41, 5.74) is 4.12. The van der Waals surface area contributed by atoms with Crippen LogP contribution in [0, 0.1) is 6.92 Å². The van der Waals surface area contributed by atoms with Crippen molar-refractivity contribution in [3.8, 4) is 11.5 Å². The molecule has 1 atom stereocenters. The summed E-state index contributed by atoms with van der Waals surface area (Å²) in [5, 5.41) is 2.28. The van der Waals surface area contributed by atoms with Gasteiger partial charge in [-0.15, -0.1) is 0 Å². The van der Waals surface area contributed by atoms with Crippen LogP contribution < -0.4 is 24.6 Å². The topological polar surface area (TPSA) is 88.2 Å². The molecule has 1 N–H and O–H groups in total. The van der Waals surface area contributed by atoms with E-state index in [1.165, 1.54) is 14.2 Å². The third kappa shape index (κ3) is 4.13. The molecule has 1 fully saturated rings. The predicted octanol–water partition coefficient (Wildman–Crippen LogP) is 4.40. The second kappa shape index (κ2) is 8.76. The van der Waals surface area contributed by atoms with Crippen LogP contribution in [-0.4, -0.2) is 44.7 Å². The predicted molar refractivity (Wildman–Crippen MR) is 135 cm³/mol. The second-order valence-electron chi connectivity index (χ2n) is 9.74. The van der Waals surface area contributed by atoms with E-state index in [0.29, 0.717) is 11.7 Å². The van der Waals surface area contributed by atoms with Crippen molar-refractivity contribution in [3.63, 3.8) is 0 Å². The lowest BCUT2D eigenvalue weighted by Gasteiger charge is -2.45. The number of ether oxygens (including phenoxy) is 2. The van der Waals surface area contributed by atoms with Gasteiger partial charge in [0.05, 0.1) is 19.9 Å². The van der Waals surface area contributed by atoms with Crippen molar-refractivity contribution >= 4 is 35.3 Å². The van der Waals surface area contributed by atoms with E-state index in [4.69, 9.17) is 9.47 Å². The molecule has 184 valence electrons. The van der Waals surface area contributed by atoms with Gasteiger partial charge >= 0.3 is 6.03 Å². The van der Waals surface area contributed by atoms with Crippen LogP contribution in [0.25, 0.3) is 6.08 Å². The monoisotopic (exact) mass is 477 g/mol. The van der Waals surface area contributed by atoms with Crippen molar-refractivity contribution in [2.45, 2.75) is 45.6 Å². The number of nitrogens with zero attached hydrogens (tertiary/aromatic N) is 2. The van der Waals surface area contributed by atoms with Gasteiger partial charge in [0.15, 0.2) is 0 Å². The normalized spacial score (nSPS) is 20.6. The summed E-state index contributed by atoms with van der Waals surface area (Å²) in [6, 6.07) is 8.04. The Morgan fingerprint density at radius 1 is 1.06 bits per heavy atom. The van der Waals surface area contributed by atoms with E-state index in [2.05, 4.69) is 44.1 Å². The molecule has 0 unspecified atom stereocenters. The number of nitrogens with one attached hydrogen (secondary N) is 1. The highest BCUT2D eigenvalue weighted by atomic mass is 16.5. The fourth-order valence-corrected chi connectivity index (χ4v) is 4.89. The molecule has 35 heavy (non-hydrogen) atoms. The van der Waals surface area contributed by atoms with E-state index in [9.17, 15) is 14.4 Å². The maximum Gasteiger partial charge on any atom is 0.336 e. The highest BCUT2D eigenvalue weighted by Crippen LogP contribution is 2.44. The lowest BCUT2D eigenvalue weighted by atomic mass is 9.79. The van der Waals surface area contributed by atoms with E-state index < -0.39 is 17.8 Å². The van der Waals surface area contributed by atoms with Gasteiger partial charge in [0, 0.05) is 24.3 Å². The zero-order chi connectivity index (χ0) is 25.7. The fourth-order valence-electron chi connectivity index (χ4n) is 4.89. The van der Waals surface area contributed by atoms with E-state index in [1.54, 1.807) is 24.3 Å². The van der Waals surface area contributed by atoms with Crippen LogP contribution in [0.1, 0.15) is 49.8 Å². The largest absolute Gasteiger partial charge is 0.497 e. The van der Waals surface area contributed by atoms with Crippen molar-refractivity contribution in [1.82, 2.24) is 5.32 Å². The van der Waals surface area contributed by atoms with Crippen LogP contribution in [-0.2, 0) is 9.59 Å². The van der Waals surface area contributed by atoms with Crippen LogP contribution in [0.15, 0.2) is 35.9 Å². The molecule has 2 aliphatic rings. The number of carbonyl (C=O) groups is 3. The summed E-state index contributed by atoms with van der Waals surface area (Å²) in [4.78, 5) is 42.1. The van der Waals surface area contributed by atoms with Crippen molar-refractivity contribution in [2.24, 2.45) is 0 Å². The van der Waals surface area contributed by atoms with Crippen molar-refractivity contribution in [1.29, 1.82) is 0 Å². The molecule has 2 heterocycles. The summed E-state index contributed by atoms with van der Waals surface area (Å²) in [6.45, 7) is 8.59. The maximum absolute atomic E-state index is 13.5. The average molecular weight is 478 g/mol. The first kappa shape index (κ1) is 24.3. The number of hydrogen-bond donors (Lipinski definition) is 1. The number of hydrogen-bond acceptors (Lipinski definition) is 6. The smallest absolute Gasteiger partial charge is 0.336 e. The Kier molecular flexibility index (Phi) is 6.09. The Morgan fingerprint density at radius 2 is 1.77 bits per heavy atom. The maximum atomic E-state index is 13.5. The number of amides is 4. The van der Waals surface area contributed by atoms with E-state index in [1.807, 2.05) is 13.0 Å². The summed E-state index contributed by atoms with van der Waals surface area (Å²) < 4.78 is 10.6. The standard InChI is InChI=1S/C27H31N3O5/c1-15-10-22-19(16(2)14-27(3,4)29(22)5)11-17(15)12-20-24(31)28-26(33)30(25(20)32)21-9-8-18(34-6)13-23(21)35-7/h8-13,16H,14H2,1-7H3,(H,28,31,33)/b20-12+/t16-/m1/s1. The summed E-state index contributed by atoms with van der Waals surface area (Å²) in [7, 11) is 5.03. The molecule has 2 aromatic carbocycles. The minimum atomic E-state index is -0.833. The van der Waals surface area contributed by atoms with Gasteiger partial charge < -0.3 is 14.4 Å². The van der Waals surface area contributed by atoms with Gasteiger partial charge in [-0.05, 0) is 80.1 Å². The number of urea groups is 1.